The normalized spacial score (nSPS) is 10.1. The summed E-state index contributed by atoms with van der Waals surface area (Å²) in [4.78, 5) is 12.1. The Morgan fingerprint density at radius 1 is 1.20 bits per heavy atom. The van der Waals surface area contributed by atoms with Crippen molar-refractivity contribution in [3.63, 3.8) is 0 Å². The van der Waals surface area contributed by atoms with E-state index in [0.29, 0.717) is 17.8 Å². The molecule has 0 saturated heterocycles. The molecule has 0 heterocycles. The highest BCUT2D eigenvalue weighted by atomic mass is 16.5. The van der Waals surface area contributed by atoms with Crippen LogP contribution in [0.5, 0.6) is 5.75 Å². The molecule has 1 amide bonds. The molecule has 0 aromatic heterocycles. The van der Waals surface area contributed by atoms with Crippen LogP contribution in [-0.2, 0) is 6.54 Å². The minimum atomic E-state index is -0.165. The Hall–Kier alpha value is -2.49. The molecular formula is C16H18N2O2. The summed E-state index contributed by atoms with van der Waals surface area (Å²) in [5.41, 5.74) is 8.83. The Balaban J connectivity index is 2.02. The van der Waals surface area contributed by atoms with Crippen LogP contribution in [0.4, 0.5) is 5.69 Å². The van der Waals surface area contributed by atoms with Crippen molar-refractivity contribution < 1.29 is 9.53 Å². The van der Waals surface area contributed by atoms with Crippen LogP contribution >= 0.6 is 0 Å². The van der Waals surface area contributed by atoms with E-state index in [1.807, 2.05) is 37.3 Å². The zero-order chi connectivity index (χ0) is 14.5. The van der Waals surface area contributed by atoms with Crippen LogP contribution in [-0.4, -0.2) is 13.0 Å². The maximum atomic E-state index is 12.1. The lowest BCUT2D eigenvalue weighted by atomic mass is 10.1. The molecule has 0 aliphatic rings. The number of anilines is 1. The van der Waals surface area contributed by atoms with Gasteiger partial charge < -0.3 is 15.8 Å². The van der Waals surface area contributed by atoms with E-state index in [4.69, 9.17) is 10.5 Å². The van der Waals surface area contributed by atoms with Crippen LogP contribution in [0.2, 0.25) is 0 Å². The van der Waals surface area contributed by atoms with Gasteiger partial charge in [0, 0.05) is 12.2 Å². The predicted molar refractivity (Wildman–Crippen MR) is 79.8 cm³/mol. The van der Waals surface area contributed by atoms with Gasteiger partial charge in [-0.05, 0) is 36.8 Å². The van der Waals surface area contributed by atoms with Gasteiger partial charge in [0.15, 0.2) is 0 Å². The first-order valence-electron chi connectivity index (χ1n) is 6.37. The SMILES string of the molecule is COc1ccc(CNC(=O)c2cc(C)ccc2N)cc1. The van der Waals surface area contributed by atoms with Crippen LogP contribution in [0.15, 0.2) is 42.5 Å². The minimum Gasteiger partial charge on any atom is -0.497 e. The summed E-state index contributed by atoms with van der Waals surface area (Å²) in [6.07, 6.45) is 0. The van der Waals surface area contributed by atoms with Gasteiger partial charge in [-0.2, -0.15) is 0 Å². The van der Waals surface area contributed by atoms with Gasteiger partial charge >= 0.3 is 0 Å². The molecule has 2 rings (SSSR count). The van der Waals surface area contributed by atoms with Crippen molar-refractivity contribution in [1.29, 1.82) is 0 Å². The molecule has 0 unspecified atom stereocenters. The number of hydrogen-bond donors (Lipinski definition) is 2. The molecule has 20 heavy (non-hydrogen) atoms. The van der Waals surface area contributed by atoms with Crippen LogP contribution < -0.4 is 15.8 Å². The van der Waals surface area contributed by atoms with Crippen molar-refractivity contribution in [1.82, 2.24) is 5.32 Å². The molecule has 0 radical (unpaired) electrons. The number of carbonyl (C=O) groups is 1. The van der Waals surface area contributed by atoms with Crippen LogP contribution in [0.1, 0.15) is 21.5 Å². The number of nitrogens with two attached hydrogens (primary N) is 1. The summed E-state index contributed by atoms with van der Waals surface area (Å²) in [5.74, 6) is 0.630. The van der Waals surface area contributed by atoms with Gasteiger partial charge in [0.2, 0.25) is 0 Å². The van der Waals surface area contributed by atoms with Gasteiger partial charge in [-0.1, -0.05) is 23.8 Å². The van der Waals surface area contributed by atoms with Gasteiger partial charge in [-0.25, -0.2) is 0 Å². The smallest absolute Gasteiger partial charge is 0.253 e. The van der Waals surface area contributed by atoms with E-state index in [1.165, 1.54) is 0 Å². The average molecular weight is 270 g/mol. The van der Waals surface area contributed by atoms with E-state index in [-0.39, 0.29) is 5.91 Å². The largest absolute Gasteiger partial charge is 0.497 e. The second kappa shape index (κ2) is 6.10. The molecule has 0 atom stereocenters. The van der Waals surface area contributed by atoms with Gasteiger partial charge in [-0.15, -0.1) is 0 Å². The lowest BCUT2D eigenvalue weighted by molar-refractivity contribution is 0.0951. The molecular weight excluding hydrogens is 252 g/mol. The number of methoxy groups -OCH3 is 1. The molecule has 0 aliphatic heterocycles. The Kier molecular flexibility index (Phi) is 4.25. The number of benzene rings is 2. The number of ether oxygens (including phenoxy) is 1. The van der Waals surface area contributed by atoms with Crippen molar-refractivity contribution in [2.24, 2.45) is 0 Å². The summed E-state index contributed by atoms with van der Waals surface area (Å²) < 4.78 is 5.09. The number of nitrogen functional groups attached to an aromatic ring is 1. The van der Waals surface area contributed by atoms with Crippen molar-refractivity contribution in [2.45, 2.75) is 13.5 Å². The fraction of sp³-hybridized carbons (Fsp3) is 0.188. The number of nitrogens with one attached hydrogen (secondary N) is 1. The summed E-state index contributed by atoms with van der Waals surface area (Å²) in [6, 6.07) is 13.0. The van der Waals surface area contributed by atoms with Crippen LogP contribution in [0.25, 0.3) is 0 Å². The first-order valence-corrected chi connectivity index (χ1v) is 6.37. The second-order valence-corrected chi connectivity index (χ2v) is 4.62. The number of rotatable bonds is 4. The first kappa shape index (κ1) is 13.9. The maximum Gasteiger partial charge on any atom is 0.253 e. The Labute approximate surface area is 118 Å². The van der Waals surface area contributed by atoms with Crippen LogP contribution in [0.3, 0.4) is 0 Å². The van der Waals surface area contributed by atoms with E-state index in [2.05, 4.69) is 5.32 Å². The molecule has 4 nitrogen and oxygen atoms in total. The van der Waals surface area contributed by atoms with Crippen molar-refractivity contribution in [2.75, 3.05) is 12.8 Å². The molecule has 3 N–H and O–H groups in total. The summed E-state index contributed by atoms with van der Waals surface area (Å²) in [5, 5.41) is 2.86. The predicted octanol–water partition coefficient (Wildman–Crippen LogP) is 2.52. The highest BCUT2D eigenvalue weighted by Gasteiger charge is 2.09. The first-order chi connectivity index (χ1) is 9.60. The fourth-order valence-corrected chi connectivity index (χ4v) is 1.89. The van der Waals surface area contributed by atoms with Crippen LogP contribution in [0, 0.1) is 6.92 Å². The Morgan fingerprint density at radius 3 is 2.55 bits per heavy atom. The van der Waals surface area contributed by atoms with E-state index < -0.39 is 0 Å². The van der Waals surface area contributed by atoms with E-state index in [9.17, 15) is 4.79 Å². The second-order valence-electron chi connectivity index (χ2n) is 4.62. The van der Waals surface area contributed by atoms with E-state index >= 15 is 0 Å². The molecule has 0 fully saturated rings. The summed E-state index contributed by atoms with van der Waals surface area (Å²) in [7, 11) is 1.62. The van der Waals surface area contributed by atoms with E-state index in [1.54, 1.807) is 19.2 Å². The maximum absolute atomic E-state index is 12.1. The molecule has 104 valence electrons. The average Bonchev–Trinajstić information content (AvgIpc) is 2.47. The van der Waals surface area contributed by atoms with Gasteiger partial charge in [-0.3, -0.25) is 4.79 Å². The van der Waals surface area contributed by atoms with E-state index in [0.717, 1.165) is 16.9 Å². The molecule has 0 aliphatic carbocycles. The van der Waals surface area contributed by atoms with Gasteiger partial charge in [0.05, 0.1) is 12.7 Å². The molecule has 2 aromatic rings. The monoisotopic (exact) mass is 270 g/mol. The molecule has 0 bridgehead atoms. The van der Waals surface area contributed by atoms with Crippen molar-refractivity contribution >= 4 is 11.6 Å². The molecule has 2 aromatic carbocycles. The number of amides is 1. The standard InChI is InChI=1S/C16H18N2O2/c1-11-3-8-15(17)14(9-11)16(19)18-10-12-4-6-13(20-2)7-5-12/h3-9H,10,17H2,1-2H3,(H,18,19). The van der Waals surface area contributed by atoms with Gasteiger partial charge in [0.25, 0.3) is 5.91 Å². The van der Waals surface area contributed by atoms with Crippen molar-refractivity contribution in [3.8, 4) is 5.75 Å². The number of carbonyl (C=O) groups excluding carboxylic acids is 1. The lowest BCUT2D eigenvalue weighted by Crippen LogP contribution is -2.23. The summed E-state index contributed by atoms with van der Waals surface area (Å²) in [6.45, 7) is 2.38. The quantitative estimate of drug-likeness (QED) is 0.839. The molecule has 0 saturated carbocycles. The third-order valence-electron chi connectivity index (χ3n) is 3.07. The summed E-state index contributed by atoms with van der Waals surface area (Å²) >= 11 is 0. The minimum absolute atomic E-state index is 0.165. The van der Waals surface area contributed by atoms with Gasteiger partial charge in [0.1, 0.15) is 5.75 Å². The van der Waals surface area contributed by atoms with Crippen molar-refractivity contribution in [3.05, 3.63) is 59.2 Å². The Bertz CT molecular complexity index is 606. The third kappa shape index (κ3) is 3.29. The highest BCUT2D eigenvalue weighted by Crippen LogP contribution is 2.14. The Morgan fingerprint density at radius 2 is 1.90 bits per heavy atom. The molecule has 4 heteroatoms. The lowest BCUT2D eigenvalue weighted by Gasteiger charge is -2.09. The molecule has 0 spiro atoms. The zero-order valence-corrected chi connectivity index (χ0v) is 11.6. The number of hydrogen-bond acceptors (Lipinski definition) is 3. The highest BCUT2D eigenvalue weighted by molar-refractivity contribution is 5.99. The number of aryl methyl sites for hydroxylation is 1. The fourth-order valence-electron chi connectivity index (χ4n) is 1.89. The zero-order valence-electron chi connectivity index (χ0n) is 11.6. The topological polar surface area (TPSA) is 64.3 Å². The third-order valence-corrected chi connectivity index (χ3v) is 3.07.